The van der Waals surface area contributed by atoms with Crippen LogP contribution in [0.5, 0.6) is 0 Å². The summed E-state index contributed by atoms with van der Waals surface area (Å²) in [6.07, 6.45) is 7.45. The summed E-state index contributed by atoms with van der Waals surface area (Å²) in [6, 6.07) is -1.33. The molecular weight excluding hydrogens is 644 g/mol. The van der Waals surface area contributed by atoms with E-state index in [0.29, 0.717) is 26.0 Å². The Morgan fingerprint density at radius 2 is 1.84 bits per heavy atom. The van der Waals surface area contributed by atoms with Crippen molar-refractivity contribution in [2.45, 2.75) is 85.4 Å². The van der Waals surface area contributed by atoms with E-state index in [2.05, 4.69) is 15.3 Å². The summed E-state index contributed by atoms with van der Waals surface area (Å²) in [5.74, 6) is -1.85. The molecule has 2 heterocycles. The standard InChI is InChI=1S/C27H41N4O5.W/c1-7-9-10-23(32)22-13-19(36-8-2)16-31(22)27(35)20(17(3)4)14-24(33)25(18(5)6)30-26(34)21-15-28-11-12-29-21;/h9,11-12,15,17-20,22,25H,7-8,10,13-14,16H2,1-6H3,(H,30,34);/q-1;. The fourth-order valence-corrected chi connectivity index (χ4v) is 4.54. The summed E-state index contributed by atoms with van der Waals surface area (Å²) in [4.78, 5) is 62.2. The van der Waals surface area contributed by atoms with Crippen LogP contribution < -0.4 is 5.32 Å². The van der Waals surface area contributed by atoms with Crippen LogP contribution >= 0.6 is 0 Å². The van der Waals surface area contributed by atoms with E-state index < -0.39 is 23.9 Å². The molecule has 206 valence electrons. The van der Waals surface area contributed by atoms with Gasteiger partial charge in [-0.3, -0.25) is 19.4 Å². The van der Waals surface area contributed by atoms with Crippen molar-refractivity contribution in [3.63, 3.8) is 0 Å². The first-order valence-electron chi connectivity index (χ1n) is 13.0. The summed E-state index contributed by atoms with van der Waals surface area (Å²) < 4.78 is 5.76. The number of nitrogens with one attached hydrogen (secondary N) is 1. The van der Waals surface area contributed by atoms with Crippen LogP contribution in [0.4, 0.5) is 0 Å². The molecule has 0 spiro atoms. The molecule has 1 fully saturated rings. The molecule has 2 amide bonds. The van der Waals surface area contributed by atoms with Gasteiger partial charge in [0, 0.05) is 65.4 Å². The van der Waals surface area contributed by atoms with Gasteiger partial charge in [-0.05, 0) is 18.8 Å². The number of aromatic nitrogens is 2. The molecule has 0 radical (unpaired) electrons. The zero-order chi connectivity index (χ0) is 26.8. The van der Waals surface area contributed by atoms with Gasteiger partial charge in [-0.15, -0.1) is 6.42 Å². The van der Waals surface area contributed by atoms with Gasteiger partial charge in [-0.2, -0.15) is 6.42 Å². The Morgan fingerprint density at radius 3 is 2.38 bits per heavy atom. The summed E-state index contributed by atoms with van der Waals surface area (Å²) in [5, 5.41) is 2.77. The van der Waals surface area contributed by atoms with E-state index in [1.54, 1.807) is 4.90 Å². The number of nitrogens with zero attached hydrogens (tertiary/aromatic N) is 3. The first kappa shape index (κ1) is 33.0. The number of carbonyl (C=O) groups is 4. The SMILES string of the molecule is CC[CH-]CC(=O)C1CC(OCC)CN1C(=O)C(CC(=O)C(NC(=O)c1cnccn1)C(C)C)C(C)C.[W]. The van der Waals surface area contributed by atoms with Crippen LogP contribution in [0.15, 0.2) is 18.6 Å². The second kappa shape index (κ2) is 16.1. The van der Waals surface area contributed by atoms with Crippen LogP contribution in [-0.2, 0) is 40.2 Å². The predicted molar refractivity (Wildman–Crippen MR) is 136 cm³/mol. The van der Waals surface area contributed by atoms with Gasteiger partial charge >= 0.3 is 0 Å². The number of hydrogen-bond donors (Lipinski definition) is 1. The molecular formula is C27H41N4O5W-. The average molecular weight is 685 g/mol. The number of hydrogen-bond acceptors (Lipinski definition) is 7. The third-order valence-corrected chi connectivity index (χ3v) is 6.59. The minimum atomic E-state index is -0.778. The van der Waals surface area contributed by atoms with Crippen LogP contribution in [0.2, 0.25) is 0 Å². The quantitative estimate of drug-likeness (QED) is 0.300. The molecule has 10 heteroatoms. The van der Waals surface area contributed by atoms with E-state index in [1.165, 1.54) is 18.6 Å². The van der Waals surface area contributed by atoms with Gasteiger partial charge in [0.25, 0.3) is 5.91 Å². The molecule has 2 rings (SSSR count). The Morgan fingerprint density at radius 1 is 1.14 bits per heavy atom. The van der Waals surface area contributed by atoms with Crippen LogP contribution in [0.3, 0.4) is 0 Å². The Bertz CT molecular complexity index is 896. The van der Waals surface area contributed by atoms with E-state index >= 15 is 0 Å². The van der Waals surface area contributed by atoms with Gasteiger partial charge in [-0.25, -0.2) is 4.98 Å². The largest absolute Gasteiger partial charge is 0.377 e. The number of carbonyl (C=O) groups excluding carboxylic acids is 4. The van der Waals surface area contributed by atoms with Crippen molar-refractivity contribution in [3.8, 4) is 0 Å². The van der Waals surface area contributed by atoms with Gasteiger partial charge in [0.1, 0.15) is 11.5 Å². The van der Waals surface area contributed by atoms with Gasteiger partial charge < -0.3 is 26.2 Å². The number of likely N-dealkylation sites (tertiary alicyclic amines) is 1. The van der Waals surface area contributed by atoms with Crippen LogP contribution in [-0.4, -0.2) is 69.6 Å². The van der Waals surface area contributed by atoms with Crippen molar-refractivity contribution in [3.05, 3.63) is 30.7 Å². The molecule has 0 bridgehead atoms. The maximum absolute atomic E-state index is 13.7. The maximum atomic E-state index is 13.7. The third-order valence-electron chi connectivity index (χ3n) is 6.59. The van der Waals surface area contributed by atoms with Crippen molar-refractivity contribution in [1.82, 2.24) is 20.2 Å². The third kappa shape index (κ3) is 9.36. The molecule has 37 heavy (non-hydrogen) atoms. The number of unbranched alkanes of at least 4 members (excludes halogenated alkanes) is 1. The fraction of sp³-hybridized carbons (Fsp3) is 0.667. The number of Topliss-reactive ketones (excluding diaryl/α,β-unsaturated/α-hetero) is 2. The normalized spacial score (nSPS) is 18.9. The average Bonchev–Trinajstić information content (AvgIpc) is 3.28. The number of rotatable bonds is 14. The number of ether oxygens (including phenoxy) is 1. The van der Waals surface area contributed by atoms with E-state index in [0.717, 1.165) is 6.42 Å². The first-order chi connectivity index (χ1) is 17.1. The fourth-order valence-electron chi connectivity index (χ4n) is 4.54. The minimum Gasteiger partial charge on any atom is -0.377 e. The second-order valence-corrected chi connectivity index (χ2v) is 9.99. The molecule has 0 saturated carbocycles. The summed E-state index contributed by atoms with van der Waals surface area (Å²) in [7, 11) is 0. The first-order valence-corrected chi connectivity index (χ1v) is 13.0. The molecule has 1 N–H and O–H groups in total. The Hall–Kier alpha value is -1.99. The predicted octanol–water partition coefficient (Wildman–Crippen LogP) is 3.04. The topological polar surface area (TPSA) is 119 Å². The van der Waals surface area contributed by atoms with Crippen LogP contribution in [0.1, 0.15) is 77.7 Å². The Balaban J connectivity index is 0.00000684. The molecule has 4 unspecified atom stereocenters. The van der Waals surface area contributed by atoms with Gasteiger partial charge in [0.2, 0.25) is 5.91 Å². The summed E-state index contributed by atoms with van der Waals surface area (Å²) in [6.45, 7) is 12.2. The molecule has 1 aliphatic rings. The van der Waals surface area contributed by atoms with E-state index in [-0.39, 0.29) is 68.6 Å². The van der Waals surface area contributed by atoms with Crippen molar-refractivity contribution in [2.24, 2.45) is 17.8 Å². The zero-order valence-electron chi connectivity index (χ0n) is 22.8. The number of amides is 2. The van der Waals surface area contributed by atoms with E-state index in [4.69, 9.17) is 4.74 Å². The molecule has 1 aromatic rings. The maximum Gasteiger partial charge on any atom is 0.272 e. The van der Waals surface area contributed by atoms with Crippen molar-refractivity contribution in [1.29, 1.82) is 0 Å². The molecule has 1 aromatic heterocycles. The summed E-state index contributed by atoms with van der Waals surface area (Å²) in [5.41, 5.74) is 0.122. The molecule has 4 atom stereocenters. The Labute approximate surface area is 235 Å². The van der Waals surface area contributed by atoms with Gasteiger partial charge in [0.15, 0.2) is 5.78 Å². The smallest absolute Gasteiger partial charge is 0.272 e. The monoisotopic (exact) mass is 685 g/mol. The van der Waals surface area contributed by atoms with Crippen molar-refractivity contribution < 1.29 is 45.0 Å². The van der Waals surface area contributed by atoms with Gasteiger partial charge in [0.05, 0.1) is 24.4 Å². The molecule has 1 aliphatic heterocycles. The van der Waals surface area contributed by atoms with Crippen LogP contribution in [0, 0.1) is 24.2 Å². The number of ketones is 2. The summed E-state index contributed by atoms with van der Waals surface area (Å²) >= 11 is 0. The molecule has 0 aliphatic carbocycles. The molecule has 9 nitrogen and oxygen atoms in total. The molecule has 0 aromatic carbocycles. The van der Waals surface area contributed by atoms with Crippen LogP contribution in [0.25, 0.3) is 0 Å². The molecule has 1 saturated heterocycles. The van der Waals surface area contributed by atoms with E-state index in [1.807, 2.05) is 48.0 Å². The van der Waals surface area contributed by atoms with Gasteiger partial charge in [-0.1, -0.05) is 34.6 Å². The zero-order valence-corrected chi connectivity index (χ0v) is 25.7. The van der Waals surface area contributed by atoms with Crippen molar-refractivity contribution >= 4 is 23.4 Å². The van der Waals surface area contributed by atoms with E-state index in [9.17, 15) is 19.2 Å². The Kier molecular flexibility index (Phi) is 14.4. The van der Waals surface area contributed by atoms with Crippen molar-refractivity contribution in [2.75, 3.05) is 13.2 Å². The second-order valence-electron chi connectivity index (χ2n) is 9.99. The minimum absolute atomic E-state index is 0.